The van der Waals surface area contributed by atoms with Crippen molar-refractivity contribution in [3.8, 4) is 5.75 Å². The van der Waals surface area contributed by atoms with Crippen LogP contribution in [-0.2, 0) is 13.2 Å². The molecule has 0 atom stereocenters. The Morgan fingerprint density at radius 1 is 0.905 bits per heavy atom. The standard InChI is InChI=1S/C19H25NO/c1-15(2)12-20-13-17-8-10-19(11-9-17)21-14-18-6-4-16(3)5-7-18/h4-11,15,20H,12-14H2,1-3H3. The van der Waals surface area contributed by atoms with E-state index >= 15 is 0 Å². The molecule has 2 nitrogen and oxygen atoms in total. The topological polar surface area (TPSA) is 21.3 Å². The summed E-state index contributed by atoms with van der Waals surface area (Å²) in [5.74, 6) is 1.60. The predicted octanol–water partition coefficient (Wildman–Crippen LogP) is 4.32. The second-order valence-electron chi connectivity index (χ2n) is 5.94. The van der Waals surface area contributed by atoms with Crippen LogP contribution in [0.15, 0.2) is 48.5 Å². The Morgan fingerprint density at radius 2 is 1.52 bits per heavy atom. The lowest BCUT2D eigenvalue weighted by atomic mass is 10.1. The molecule has 2 rings (SSSR count). The molecule has 0 aliphatic rings. The molecule has 0 spiro atoms. The first kappa shape index (κ1) is 15.6. The van der Waals surface area contributed by atoms with Gasteiger partial charge < -0.3 is 10.1 Å². The zero-order valence-corrected chi connectivity index (χ0v) is 13.2. The van der Waals surface area contributed by atoms with Gasteiger partial charge in [-0.1, -0.05) is 55.8 Å². The van der Waals surface area contributed by atoms with E-state index in [-0.39, 0.29) is 0 Å². The molecule has 2 aromatic rings. The average molecular weight is 283 g/mol. The van der Waals surface area contributed by atoms with Crippen LogP contribution < -0.4 is 10.1 Å². The fourth-order valence-corrected chi connectivity index (χ4v) is 2.06. The van der Waals surface area contributed by atoms with Gasteiger partial charge in [0.15, 0.2) is 0 Å². The highest BCUT2D eigenvalue weighted by Gasteiger charge is 1.98. The minimum Gasteiger partial charge on any atom is -0.489 e. The van der Waals surface area contributed by atoms with Crippen LogP contribution in [0.1, 0.15) is 30.5 Å². The van der Waals surface area contributed by atoms with Gasteiger partial charge in [-0.15, -0.1) is 0 Å². The number of rotatable bonds is 7. The van der Waals surface area contributed by atoms with Crippen LogP contribution in [0.3, 0.4) is 0 Å². The Bertz CT molecular complexity index is 528. The maximum Gasteiger partial charge on any atom is 0.119 e. The molecule has 0 aliphatic carbocycles. The normalized spacial score (nSPS) is 10.9. The highest BCUT2D eigenvalue weighted by atomic mass is 16.5. The van der Waals surface area contributed by atoms with Crippen molar-refractivity contribution in [3.63, 3.8) is 0 Å². The fourth-order valence-electron chi connectivity index (χ4n) is 2.06. The van der Waals surface area contributed by atoms with Crippen LogP contribution in [0, 0.1) is 12.8 Å². The second-order valence-corrected chi connectivity index (χ2v) is 5.94. The summed E-state index contributed by atoms with van der Waals surface area (Å²) < 4.78 is 5.81. The minimum atomic E-state index is 0.616. The van der Waals surface area contributed by atoms with Gasteiger partial charge in [0.1, 0.15) is 12.4 Å². The maximum absolute atomic E-state index is 5.81. The van der Waals surface area contributed by atoms with Crippen molar-refractivity contribution >= 4 is 0 Å². The highest BCUT2D eigenvalue weighted by molar-refractivity contribution is 5.28. The van der Waals surface area contributed by atoms with Crippen molar-refractivity contribution < 1.29 is 4.74 Å². The predicted molar refractivity (Wildman–Crippen MR) is 88.5 cm³/mol. The zero-order valence-electron chi connectivity index (χ0n) is 13.2. The SMILES string of the molecule is Cc1ccc(COc2ccc(CNCC(C)C)cc2)cc1. The number of nitrogens with one attached hydrogen (secondary N) is 1. The van der Waals surface area contributed by atoms with E-state index in [9.17, 15) is 0 Å². The largest absolute Gasteiger partial charge is 0.489 e. The van der Waals surface area contributed by atoms with Crippen molar-refractivity contribution in [3.05, 3.63) is 65.2 Å². The molecule has 21 heavy (non-hydrogen) atoms. The Morgan fingerprint density at radius 3 is 2.14 bits per heavy atom. The molecule has 2 aromatic carbocycles. The first-order valence-electron chi connectivity index (χ1n) is 7.61. The van der Waals surface area contributed by atoms with Crippen LogP contribution >= 0.6 is 0 Å². The van der Waals surface area contributed by atoms with E-state index in [0.29, 0.717) is 12.5 Å². The lowest BCUT2D eigenvalue weighted by Crippen LogP contribution is -2.18. The summed E-state index contributed by atoms with van der Waals surface area (Å²) in [5.41, 5.74) is 3.76. The van der Waals surface area contributed by atoms with Gasteiger partial charge in [-0.3, -0.25) is 0 Å². The third-order valence-corrected chi connectivity index (χ3v) is 3.33. The van der Waals surface area contributed by atoms with E-state index in [1.54, 1.807) is 0 Å². The van der Waals surface area contributed by atoms with Gasteiger partial charge in [-0.25, -0.2) is 0 Å². The zero-order chi connectivity index (χ0) is 15.1. The quantitative estimate of drug-likeness (QED) is 0.817. The number of benzene rings is 2. The van der Waals surface area contributed by atoms with Crippen LogP contribution in [0.25, 0.3) is 0 Å². The maximum atomic E-state index is 5.81. The molecule has 0 aliphatic heterocycles. The Balaban J connectivity index is 1.80. The van der Waals surface area contributed by atoms with Crippen molar-refractivity contribution in [1.82, 2.24) is 5.32 Å². The number of aryl methyl sites for hydroxylation is 1. The van der Waals surface area contributed by atoms with Crippen molar-refractivity contribution in [2.24, 2.45) is 5.92 Å². The summed E-state index contributed by atoms with van der Waals surface area (Å²) >= 11 is 0. The summed E-state index contributed by atoms with van der Waals surface area (Å²) in [5, 5.41) is 3.44. The fraction of sp³-hybridized carbons (Fsp3) is 0.368. The van der Waals surface area contributed by atoms with Crippen molar-refractivity contribution in [2.45, 2.75) is 33.9 Å². The third-order valence-electron chi connectivity index (χ3n) is 3.33. The van der Waals surface area contributed by atoms with E-state index in [1.807, 2.05) is 12.1 Å². The number of ether oxygens (including phenoxy) is 1. The van der Waals surface area contributed by atoms with Crippen molar-refractivity contribution in [1.29, 1.82) is 0 Å². The second kappa shape index (κ2) is 7.84. The summed E-state index contributed by atoms with van der Waals surface area (Å²) in [7, 11) is 0. The molecule has 0 saturated heterocycles. The molecular weight excluding hydrogens is 258 g/mol. The molecule has 0 aromatic heterocycles. The van der Waals surface area contributed by atoms with Crippen LogP contribution in [-0.4, -0.2) is 6.54 Å². The molecule has 2 heteroatoms. The monoisotopic (exact) mass is 283 g/mol. The van der Waals surface area contributed by atoms with Gasteiger partial charge in [-0.2, -0.15) is 0 Å². The molecule has 0 unspecified atom stereocenters. The van der Waals surface area contributed by atoms with E-state index in [2.05, 4.69) is 62.5 Å². The molecule has 0 fully saturated rings. The molecule has 0 amide bonds. The average Bonchev–Trinajstić information content (AvgIpc) is 2.48. The molecule has 0 saturated carbocycles. The first-order valence-corrected chi connectivity index (χ1v) is 7.61. The van der Waals surface area contributed by atoms with Gasteiger partial charge in [0.2, 0.25) is 0 Å². The van der Waals surface area contributed by atoms with E-state index < -0.39 is 0 Å². The molecule has 112 valence electrons. The lowest BCUT2D eigenvalue weighted by Gasteiger charge is -2.09. The van der Waals surface area contributed by atoms with E-state index in [1.165, 1.54) is 16.7 Å². The van der Waals surface area contributed by atoms with Crippen LogP contribution in [0.5, 0.6) is 5.75 Å². The summed E-state index contributed by atoms with van der Waals surface area (Å²) in [4.78, 5) is 0. The smallest absolute Gasteiger partial charge is 0.119 e. The van der Waals surface area contributed by atoms with Gasteiger partial charge >= 0.3 is 0 Å². The molecule has 0 bridgehead atoms. The number of hydrogen-bond acceptors (Lipinski definition) is 2. The minimum absolute atomic E-state index is 0.616. The lowest BCUT2D eigenvalue weighted by molar-refractivity contribution is 0.306. The Labute approximate surface area is 128 Å². The summed E-state index contributed by atoms with van der Waals surface area (Å²) in [6, 6.07) is 16.8. The van der Waals surface area contributed by atoms with Gasteiger partial charge in [-0.05, 0) is 42.6 Å². The van der Waals surface area contributed by atoms with Gasteiger partial charge in [0.05, 0.1) is 0 Å². The Hall–Kier alpha value is -1.80. The van der Waals surface area contributed by atoms with Gasteiger partial charge in [0, 0.05) is 6.54 Å². The molecular formula is C19H25NO. The molecule has 0 heterocycles. The third kappa shape index (κ3) is 5.60. The summed E-state index contributed by atoms with van der Waals surface area (Å²) in [6.07, 6.45) is 0. The molecule has 0 radical (unpaired) electrons. The Kier molecular flexibility index (Phi) is 5.82. The summed E-state index contributed by atoms with van der Waals surface area (Å²) in [6.45, 7) is 9.11. The highest BCUT2D eigenvalue weighted by Crippen LogP contribution is 2.14. The van der Waals surface area contributed by atoms with Crippen molar-refractivity contribution in [2.75, 3.05) is 6.54 Å². The van der Waals surface area contributed by atoms with Gasteiger partial charge in [0.25, 0.3) is 0 Å². The van der Waals surface area contributed by atoms with Crippen LogP contribution in [0.2, 0.25) is 0 Å². The van der Waals surface area contributed by atoms with Crippen LogP contribution in [0.4, 0.5) is 0 Å². The van der Waals surface area contributed by atoms with E-state index in [0.717, 1.165) is 18.8 Å². The molecule has 1 N–H and O–H groups in total. The van der Waals surface area contributed by atoms with E-state index in [4.69, 9.17) is 4.74 Å². The number of hydrogen-bond donors (Lipinski definition) is 1. The first-order chi connectivity index (χ1) is 10.1.